The van der Waals surface area contributed by atoms with Crippen LogP contribution in [0.15, 0.2) is 61.2 Å². The van der Waals surface area contributed by atoms with Gasteiger partial charge in [0.2, 0.25) is 10.0 Å². The fraction of sp³-hybridized carbons (Fsp3) is 0.300. The minimum absolute atomic E-state index is 0.270. The van der Waals surface area contributed by atoms with E-state index < -0.39 is 21.8 Å². The first kappa shape index (κ1) is 21.3. The lowest BCUT2D eigenvalue weighted by atomic mass is 10.1. The van der Waals surface area contributed by atoms with E-state index >= 15 is 0 Å². The van der Waals surface area contributed by atoms with Gasteiger partial charge in [-0.15, -0.1) is 0 Å². The molecular formula is C20H20F3N5O2S. The first-order valence-corrected chi connectivity index (χ1v) is 11.2. The summed E-state index contributed by atoms with van der Waals surface area (Å²) in [6.45, 7) is 1.44. The fourth-order valence-electron chi connectivity index (χ4n) is 3.43. The molecule has 4 rings (SSSR count). The van der Waals surface area contributed by atoms with Crippen molar-refractivity contribution in [3.8, 4) is 5.82 Å². The Morgan fingerprint density at radius 2 is 1.52 bits per heavy atom. The van der Waals surface area contributed by atoms with Crippen LogP contribution in [-0.2, 0) is 22.0 Å². The Balaban J connectivity index is 1.39. The van der Waals surface area contributed by atoms with Crippen molar-refractivity contribution in [1.29, 1.82) is 0 Å². The summed E-state index contributed by atoms with van der Waals surface area (Å²) in [4.78, 5) is 10.5. The van der Waals surface area contributed by atoms with Gasteiger partial charge in [-0.1, -0.05) is 12.1 Å². The van der Waals surface area contributed by atoms with Crippen LogP contribution in [0, 0.1) is 0 Å². The van der Waals surface area contributed by atoms with Crippen molar-refractivity contribution in [3.05, 3.63) is 72.3 Å². The Morgan fingerprint density at radius 3 is 2.13 bits per heavy atom. The molecule has 0 N–H and O–H groups in total. The molecule has 0 bridgehead atoms. The molecule has 0 spiro atoms. The van der Waals surface area contributed by atoms with E-state index in [0.29, 0.717) is 30.3 Å². The first-order valence-electron chi connectivity index (χ1n) is 9.57. The van der Waals surface area contributed by atoms with Gasteiger partial charge in [0, 0.05) is 44.6 Å². The highest BCUT2D eigenvalue weighted by atomic mass is 32.2. The normalized spacial score (nSPS) is 15.9. The first-order chi connectivity index (χ1) is 14.7. The standard InChI is InChI=1S/C20H20F3N5O2S/c21-20(22,23)17-5-3-16(4-6-17)14-31(29,30)28-11-9-27(10-12-28)19-13-18(24-15-25-19)26-7-1-2-8-26/h1-8,13,15H,9-12,14H2. The Labute approximate surface area is 177 Å². The van der Waals surface area contributed by atoms with Gasteiger partial charge < -0.3 is 9.47 Å². The molecule has 11 heteroatoms. The van der Waals surface area contributed by atoms with Gasteiger partial charge in [-0.05, 0) is 29.8 Å². The second-order valence-electron chi connectivity index (χ2n) is 7.16. The van der Waals surface area contributed by atoms with Crippen molar-refractivity contribution in [1.82, 2.24) is 18.8 Å². The van der Waals surface area contributed by atoms with Crippen molar-refractivity contribution < 1.29 is 21.6 Å². The molecule has 31 heavy (non-hydrogen) atoms. The lowest BCUT2D eigenvalue weighted by molar-refractivity contribution is -0.137. The maximum Gasteiger partial charge on any atom is 0.416 e. The molecule has 1 aromatic carbocycles. The monoisotopic (exact) mass is 451 g/mol. The Morgan fingerprint density at radius 1 is 0.903 bits per heavy atom. The van der Waals surface area contributed by atoms with Gasteiger partial charge >= 0.3 is 6.18 Å². The van der Waals surface area contributed by atoms with Crippen LogP contribution in [0.4, 0.5) is 19.0 Å². The third kappa shape index (κ3) is 4.88. The van der Waals surface area contributed by atoms with Crippen LogP contribution in [0.25, 0.3) is 5.82 Å². The van der Waals surface area contributed by atoms with Crippen LogP contribution >= 0.6 is 0 Å². The molecule has 0 amide bonds. The number of rotatable bonds is 5. The summed E-state index contributed by atoms with van der Waals surface area (Å²) in [6, 6.07) is 9.84. The summed E-state index contributed by atoms with van der Waals surface area (Å²) in [5, 5.41) is 0. The number of benzene rings is 1. The molecule has 7 nitrogen and oxygen atoms in total. The highest BCUT2D eigenvalue weighted by Gasteiger charge is 2.31. The largest absolute Gasteiger partial charge is 0.416 e. The zero-order valence-corrected chi connectivity index (χ0v) is 17.2. The van der Waals surface area contributed by atoms with E-state index in [2.05, 4.69) is 9.97 Å². The molecule has 0 radical (unpaired) electrons. The summed E-state index contributed by atoms with van der Waals surface area (Å²) >= 11 is 0. The molecule has 164 valence electrons. The van der Waals surface area contributed by atoms with Crippen LogP contribution in [-0.4, -0.2) is 53.4 Å². The number of piperazine rings is 1. The Hall–Kier alpha value is -2.92. The minimum Gasteiger partial charge on any atom is -0.354 e. The summed E-state index contributed by atoms with van der Waals surface area (Å²) in [7, 11) is -3.65. The van der Waals surface area contributed by atoms with Gasteiger partial charge in [-0.2, -0.15) is 17.5 Å². The molecule has 0 unspecified atom stereocenters. The van der Waals surface area contributed by atoms with E-state index in [-0.39, 0.29) is 18.8 Å². The van der Waals surface area contributed by atoms with Crippen molar-refractivity contribution in [2.24, 2.45) is 0 Å². The summed E-state index contributed by atoms with van der Waals surface area (Å²) in [6.07, 6.45) is 0.768. The summed E-state index contributed by atoms with van der Waals surface area (Å²) < 4.78 is 66.8. The van der Waals surface area contributed by atoms with Crippen molar-refractivity contribution in [3.63, 3.8) is 0 Å². The van der Waals surface area contributed by atoms with Crippen LogP contribution in [0.3, 0.4) is 0 Å². The molecule has 1 fully saturated rings. The van der Waals surface area contributed by atoms with E-state index in [1.165, 1.54) is 22.8 Å². The molecular weight excluding hydrogens is 431 g/mol. The molecule has 1 saturated heterocycles. The predicted molar refractivity (Wildman–Crippen MR) is 109 cm³/mol. The average Bonchev–Trinajstić information content (AvgIpc) is 3.28. The number of sulfonamides is 1. The van der Waals surface area contributed by atoms with E-state index in [4.69, 9.17) is 0 Å². The van der Waals surface area contributed by atoms with Gasteiger partial charge in [0.25, 0.3) is 0 Å². The van der Waals surface area contributed by atoms with Gasteiger partial charge in [0.05, 0.1) is 11.3 Å². The van der Waals surface area contributed by atoms with Crippen LogP contribution in [0.2, 0.25) is 0 Å². The van der Waals surface area contributed by atoms with Crippen molar-refractivity contribution in [2.45, 2.75) is 11.9 Å². The van der Waals surface area contributed by atoms with E-state index in [1.807, 2.05) is 40.1 Å². The molecule has 3 heterocycles. The SMILES string of the molecule is O=S(=O)(Cc1ccc(C(F)(F)F)cc1)N1CCN(c2cc(-n3cccc3)ncn2)CC1. The van der Waals surface area contributed by atoms with E-state index in [0.717, 1.165) is 12.1 Å². The highest BCUT2D eigenvalue weighted by Crippen LogP contribution is 2.29. The number of hydrogen-bond donors (Lipinski definition) is 0. The lowest BCUT2D eigenvalue weighted by Gasteiger charge is -2.34. The molecule has 0 aliphatic carbocycles. The van der Waals surface area contributed by atoms with E-state index in [1.54, 1.807) is 0 Å². The number of halogens is 3. The van der Waals surface area contributed by atoms with Crippen LogP contribution in [0.5, 0.6) is 0 Å². The smallest absolute Gasteiger partial charge is 0.354 e. The van der Waals surface area contributed by atoms with Gasteiger partial charge in [-0.3, -0.25) is 0 Å². The van der Waals surface area contributed by atoms with Gasteiger partial charge in [-0.25, -0.2) is 18.4 Å². The zero-order valence-electron chi connectivity index (χ0n) is 16.4. The Bertz CT molecular complexity index is 1120. The summed E-state index contributed by atoms with van der Waals surface area (Å²) in [5.41, 5.74) is -0.478. The molecule has 3 aromatic rings. The van der Waals surface area contributed by atoms with Crippen LogP contribution < -0.4 is 4.90 Å². The average molecular weight is 451 g/mol. The quantitative estimate of drug-likeness (QED) is 0.597. The molecule has 0 atom stereocenters. The second-order valence-corrected chi connectivity index (χ2v) is 9.13. The minimum atomic E-state index is -4.45. The predicted octanol–water partition coefficient (Wildman–Crippen LogP) is 2.94. The third-order valence-electron chi connectivity index (χ3n) is 5.09. The van der Waals surface area contributed by atoms with Crippen molar-refractivity contribution >= 4 is 15.8 Å². The topological polar surface area (TPSA) is 71.3 Å². The zero-order chi connectivity index (χ0) is 22.1. The van der Waals surface area contributed by atoms with Crippen LogP contribution in [0.1, 0.15) is 11.1 Å². The number of aromatic nitrogens is 3. The maximum absolute atomic E-state index is 12.7. The second kappa shape index (κ2) is 8.31. The Kier molecular flexibility index (Phi) is 5.71. The highest BCUT2D eigenvalue weighted by molar-refractivity contribution is 7.88. The number of anilines is 1. The number of hydrogen-bond acceptors (Lipinski definition) is 5. The number of nitrogens with zero attached hydrogens (tertiary/aromatic N) is 5. The molecule has 1 aliphatic heterocycles. The third-order valence-corrected chi connectivity index (χ3v) is 6.94. The molecule has 0 saturated carbocycles. The lowest BCUT2D eigenvalue weighted by Crippen LogP contribution is -2.49. The van der Waals surface area contributed by atoms with Gasteiger partial charge in [0.15, 0.2) is 0 Å². The van der Waals surface area contributed by atoms with Crippen molar-refractivity contribution in [2.75, 3.05) is 31.1 Å². The van der Waals surface area contributed by atoms with Gasteiger partial charge in [0.1, 0.15) is 18.0 Å². The molecule has 2 aromatic heterocycles. The van der Waals surface area contributed by atoms with E-state index in [9.17, 15) is 21.6 Å². The summed E-state index contributed by atoms with van der Waals surface area (Å²) in [5.74, 6) is 1.09. The fourth-order valence-corrected chi connectivity index (χ4v) is 4.94. The number of alkyl halides is 3. The maximum atomic E-state index is 12.7. The molecule has 1 aliphatic rings.